The van der Waals surface area contributed by atoms with Gasteiger partial charge in [-0.25, -0.2) is 28.3 Å². The number of amides is 2. The van der Waals surface area contributed by atoms with Gasteiger partial charge in [0.25, 0.3) is 0 Å². The smallest absolute Gasteiger partial charge is 0.407 e. The van der Waals surface area contributed by atoms with E-state index in [-0.39, 0.29) is 41.9 Å². The molecule has 308 valence electrons. The van der Waals surface area contributed by atoms with E-state index in [9.17, 15) is 18.4 Å². The van der Waals surface area contributed by atoms with Gasteiger partial charge in [0.15, 0.2) is 10.3 Å². The molecule has 0 bridgehead atoms. The third kappa shape index (κ3) is 13.1. The number of aromatic nitrogens is 2. The zero-order valence-corrected chi connectivity index (χ0v) is 35.1. The minimum Gasteiger partial charge on any atom is -0.444 e. The Bertz CT molecular complexity index is 1910. The van der Waals surface area contributed by atoms with Crippen LogP contribution in [0.1, 0.15) is 99.3 Å². The fourth-order valence-electron chi connectivity index (χ4n) is 7.11. The molecule has 3 fully saturated rings. The molecular weight excluding hydrogens is 759 g/mol. The number of fused-ring (bicyclic) bond motifs is 2. The molecular formula is C40H58F2N8O4S2. The number of carbonyl (C=O) groups excluding carboxylic acids is 2. The van der Waals surface area contributed by atoms with Crippen LogP contribution in [0.2, 0.25) is 0 Å². The van der Waals surface area contributed by atoms with Gasteiger partial charge in [-0.2, -0.15) is 0 Å². The van der Waals surface area contributed by atoms with Crippen LogP contribution in [0.25, 0.3) is 20.4 Å². The van der Waals surface area contributed by atoms with Crippen molar-refractivity contribution in [2.24, 2.45) is 5.73 Å². The number of anilines is 2. The fraction of sp³-hybridized carbons (Fsp3) is 0.600. The predicted molar refractivity (Wildman–Crippen MR) is 223 cm³/mol. The highest BCUT2D eigenvalue weighted by Crippen LogP contribution is 2.31. The SMILES string of the molecule is CC(C)(C)OC(=O)N[C@H]1CCC[C@@H]1N.CC(C)(C)OC(=O)N[C@H]1CCC[C@@H]1Nc1nc2ccc(F)cc2s1.CN[C@H]1CCC[C@@H]1Nc1nc2ccc(F)cc2s1. The minimum atomic E-state index is -0.511. The van der Waals surface area contributed by atoms with Gasteiger partial charge in [-0.15, -0.1) is 0 Å². The number of hydrogen-bond acceptors (Lipinski definition) is 12. The summed E-state index contributed by atoms with van der Waals surface area (Å²) in [5.41, 5.74) is 6.51. The second-order valence-electron chi connectivity index (χ2n) is 16.6. The molecule has 0 saturated heterocycles. The number of benzene rings is 2. The second kappa shape index (κ2) is 19.1. The summed E-state index contributed by atoms with van der Waals surface area (Å²) in [4.78, 5) is 32.3. The van der Waals surface area contributed by atoms with Gasteiger partial charge in [0, 0.05) is 30.2 Å². The van der Waals surface area contributed by atoms with Crippen LogP contribution in [-0.4, -0.2) is 76.7 Å². The van der Waals surface area contributed by atoms with Crippen LogP contribution in [0.4, 0.5) is 28.6 Å². The van der Waals surface area contributed by atoms with Crippen LogP contribution in [-0.2, 0) is 9.47 Å². The molecule has 2 heterocycles. The Balaban J connectivity index is 0.000000167. The molecule has 16 heteroatoms. The molecule has 4 aromatic rings. The molecule has 0 spiro atoms. The highest BCUT2D eigenvalue weighted by molar-refractivity contribution is 7.22. The first-order valence-electron chi connectivity index (χ1n) is 19.5. The molecule has 2 amide bonds. The van der Waals surface area contributed by atoms with E-state index < -0.39 is 17.3 Å². The monoisotopic (exact) mass is 816 g/mol. The van der Waals surface area contributed by atoms with Gasteiger partial charge >= 0.3 is 12.2 Å². The summed E-state index contributed by atoms with van der Waals surface area (Å²) in [6, 6.07) is 10.5. The number of thiazole rings is 2. The molecule has 0 radical (unpaired) electrons. The van der Waals surface area contributed by atoms with Gasteiger partial charge in [-0.1, -0.05) is 22.7 Å². The van der Waals surface area contributed by atoms with Crippen molar-refractivity contribution in [3.63, 3.8) is 0 Å². The molecule has 2 aromatic carbocycles. The van der Waals surface area contributed by atoms with Gasteiger partial charge in [-0.3, -0.25) is 0 Å². The van der Waals surface area contributed by atoms with Crippen LogP contribution < -0.4 is 32.3 Å². The number of nitrogens with zero attached hydrogens (tertiary/aromatic N) is 2. The van der Waals surface area contributed by atoms with Crippen molar-refractivity contribution in [3.05, 3.63) is 48.0 Å². The van der Waals surface area contributed by atoms with Crippen molar-refractivity contribution in [2.45, 2.75) is 147 Å². The molecule has 0 aliphatic heterocycles. The van der Waals surface area contributed by atoms with Crippen molar-refractivity contribution in [3.8, 4) is 0 Å². The van der Waals surface area contributed by atoms with Crippen LogP contribution in [0.15, 0.2) is 36.4 Å². The quantitative estimate of drug-likeness (QED) is 0.106. The van der Waals surface area contributed by atoms with Gasteiger partial charge in [-0.05, 0) is 143 Å². The summed E-state index contributed by atoms with van der Waals surface area (Å²) in [5.74, 6) is -0.463. The molecule has 3 aliphatic carbocycles. The topological polar surface area (TPSA) is 165 Å². The van der Waals surface area contributed by atoms with Crippen LogP contribution in [0.5, 0.6) is 0 Å². The Kier molecular flexibility index (Phi) is 14.7. The summed E-state index contributed by atoms with van der Waals surface area (Å²) < 4.78 is 38.6. The maximum absolute atomic E-state index is 13.3. The van der Waals surface area contributed by atoms with E-state index in [1.54, 1.807) is 18.2 Å². The zero-order chi connectivity index (χ0) is 40.6. The van der Waals surface area contributed by atoms with Crippen molar-refractivity contribution in [2.75, 3.05) is 17.7 Å². The minimum absolute atomic E-state index is 0.00333. The Morgan fingerprint density at radius 2 is 1.07 bits per heavy atom. The number of carbonyl (C=O) groups is 2. The number of nitrogens with two attached hydrogens (primary N) is 1. The first-order valence-corrected chi connectivity index (χ1v) is 21.1. The van der Waals surface area contributed by atoms with E-state index in [1.807, 2.05) is 48.6 Å². The molecule has 3 aliphatic rings. The number of ether oxygens (including phenoxy) is 2. The maximum atomic E-state index is 13.3. The van der Waals surface area contributed by atoms with Gasteiger partial charge in [0.2, 0.25) is 0 Å². The third-order valence-electron chi connectivity index (χ3n) is 9.70. The summed E-state index contributed by atoms with van der Waals surface area (Å²) in [6.45, 7) is 11.1. The van der Waals surface area contributed by atoms with Crippen LogP contribution in [0.3, 0.4) is 0 Å². The summed E-state index contributed by atoms with van der Waals surface area (Å²) in [6.07, 6.45) is 8.75. The van der Waals surface area contributed by atoms with E-state index >= 15 is 0 Å². The zero-order valence-electron chi connectivity index (χ0n) is 33.5. The van der Waals surface area contributed by atoms with Crippen LogP contribution >= 0.6 is 22.7 Å². The largest absolute Gasteiger partial charge is 0.444 e. The molecule has 12 nitrogen and oxygen atoms in total. The van der Waals surface area contributed by atoms with Crippen molar-refractivity contribution in [1.82, 2.24) is 25.9 Å². The average molecular weight is 817 g/mol. The predicted octanol–water partition coefficient (Wildman–Crippen LogP) is 8.67. The first-order chi connectivity index (χ1) is 26.4. The lowest BCUT2D eigenvalue weighted by Crippen LogP contribution is -2.45. The molecule has 6 atom stereocenters. The molecule has 7 rings (SSSR count). The second-order valence-corrected chi connectivity index (χ2v) is 18.7. The van der Waals surface area contributed by atoms with Crippen LogP contribution in [0, 0.1) is 11.6 Å². The molecule has 0 unspecified atom stereocenters. The lowest BCUT2D eigenvalue weighted by molar-refractivity contribution is 0.0490. The number of nitrogens with one attached hydrogen (secondary N) is 5. The molecule has 2 aromatic heterocycles. The Labute approximate surface area is 336 Å². The van der Waals surface area contributed by atoms with Crippen molar-refractivity contribution in [1.29, 1.82) is 0 Å². The summed E-state index contributed by atoms with van der Waals surface area (Å²) in [7, 11) is 2.00. The average Bonchev–Trinajstić information content (AvgIpc) is 3.93. The van der Waals surface area contributed by atoms with Crippen molar-refractivity contribution >= 4 is 65.6 Å². The number of halogens is 2. The van der Waals surface area contributed by atoms with E-state index in [0.717, 1.165) is 75.6 Å². The van der Waals surface area contributed by atoms with E-state index in [1.165, 1.54) is 53.7 Å². The lowest BCUT2D eigenvalue weighted by Gasteiger charge is -2.25. The standard InChI is InChI=1S/C17H22FN3O2S.C13H16FN3S.C10H20N2O2/c1-17(2,3)23-16(22)21-12-6-4-5-11(12)19-15-20-13-8-7-10(18)9-14(13)24-15;1-15-9-3-2-4-10(9)16-13-17-11-6-5-8(14)7-12(11)18-13;1-10(2,3)14-9(13)12-8-6-4-5-7(8)11/h7-9,11-12H,4-6H2,1-3H3,(H,19,20)(H,21,22);5-7,9-10,15H,2-4H2,1H3,(H,16,17);7-8H,4-6,11H2,1-3H3,(H,12,13)/t11-,12-;9-,10-;7-,8-/m000/s1. The number of alkyl carbamates (subject to hydrolysis) is 2. The lowest BCUT2D eigenvalue weighted by atomic mass is 10.2. The molecule has 56 heavy (non-hydrogen) atoms. The van der Waals surface area contributed by atoms with Gasteiger partial charge in [0.1, 0.15) is 22.8 Å². The Morgan fingerprint density at radius 3 is 1.52 bits per heavy atom. The maximum Gasteiger partial charge on any atom is 0.407 e. The van der Waals surface area contributed by atoms with Gasteiger partial charge < -0.3 is 41.8 Å². The Hall–Kier alpha value is -3.86. The highest BCUT2D eigenvalue weighted by Gasteiger charge is 2.31. The fourth-order valence-corrected chi connectivity index (χ4v) is 9.01. The van der Waals surface area contributed by atoms with Gasteiger partial charge in [0.05, 0.1) is 26.5 Å². The first kappa shape index (κ1) is 43.3. The number of hydrogen-bond donors (Lipinski definition) is 6. The van der Waals surface area contributed by atoms with Crippen molar-refractivity contribution < 1.29 is 27.8 Å². The summed E-state index contributed by atoms with van der Waals surface area (Å²) >= 11 is 2.94. The normalized spacial score (nSPS) is 23.5. The third-order valence-corrected chi connectivity index (χ3v) is 11.6. The Morgan fingerprint density at radius 1 is 0.661 bits per heavy atom. The number of rotatable bonds is 7. The highest BCUT2D eigenvalue weighted by atomic mass is 32.1. The van der Waals surface area contributed by atoms with E-state index in [4.69, 9.17) is 15.2 Å². The van der Waals surface area contributed by atoms with E-state index in [2.05, 4.69) is 36.6 Å². The molecule has 3 saturated carbocycles. The number of likely N-dealkylation sites (N-methyl/N-ethyl adjacent to an activating group) is 1. The van der Waals surface area contributed by atoms with E-state index in [0.29, 0.717) is 12.1 Å². The summed E-state index contributed by atoms with van der Waals surface area (Å²) in [5, 5.41) is 17.6. The molecule has 7 N–H and O–H groups in total.